The van der Waals surface area contributed by atoms with Gasteiger partial charge < -0.3 is 4.74 Å². The average molecular weight is 287 g/mol. The Bertz CT molecular complexity index is 554. The molecule has 0 aromatic heterocycles. The van der Waals surface area contributed by atoms with Crippen molar-refractivity contribution in [2.75, 3.05) is 26.3 Å². The molecule has 21 heavy (non-hydrogen) atoms. The second-order valence-electron chi connectivity index (χ2n) is 5.25. The summed E-state index contributed by atoms with van der Waals surface area (Å²) in [7, 11) is 0. The van der Waals surface area contributed by atoms with Crippen LogP contribution in [0.3, 0.4) is 0 Å². The predicted octanol–water partition coefficient (Wildman–Crippen LogP) is 2.43. The van der Waals surface area contributed by atoms with Gasteiger partial charge in [-0.25, -0.2) is 4.39 Å². The molecule has 2 rings (SSSR count). The molecule has 5 heteroatoms. The van der Waals surface area contributed by atoms with Crippen LogP contribution < -0.4 is 0 Å². The molecule has 1 aromatic rings. The van der Waals surface area contributed by atoms with E-state index in [4.69, 9.17) is 10.00 Å². The van der Waals surface area contributed by atoms with Crippen molar-refractivity contribution in [3.63, 3.8) is 0 Å². The van der Waals surface area contributed by atoms with Gasteiger partial charge in [0.2, 0.25) is 0 Å². The van der Waals surface area contributed by atoms with Crippen LogP contribution in [0.15, 0.2) is 24.3 Å². The highest BCUT2D eigenvalue weighted by Gasteiger charge is 2.44. The Kier molecular flexibility index (Phi) is 4.90. The quantitative estimate of drug-likeness (QED) is 0.853. The number of rotatable bonds is 4. The molecule has 2 atom stereocenters. The second-order valence-corrected chi connectivity index (χ2v) is 5.25. The van der Waals surface area contributed by atoms with Crippen molar-refractivity contribution in [2.24, 2.45) is 5.92 Å². The molecule has 0 amide bonds. The highest BCUT2D eigenvalue weighted by molar-refractivity contribution is 5.33. The lowest BCUT2D eigenvalue weighted by Gasteiger charge is -2.44. The molecule has 0 radical (unpaired) electrons. The van der Waals surface area contributed by atoms with Gasteiger partial charge in [0, 0.05) is 25.4 Å². The van der Waals surface area contributed by atoms with Gasteiger partial charge in [0.25, 0.3) is 0 Å². The van der Waals surface area contributed by atoms with Crippen LogP contribution in [0.5, 0.6) is 0 Å². The van der Waals surface area contributed by atoms with Gasteiger partial charge in [0.05, 0.1) is 25.4 Å². The molecule has 1 fully saturated rings. The summed E-state index contributed by atoms with van der Waals surface area (Å²) in [5.41, 5.74) is -0.191. The lowest BCUT2D eigenvalue weighted by Crippen LogP contribution is -2.54. The molecule has 1 aromatic carbocycles. The number of halogens is 1. The summed E-state index contributed by atoms with van der Waals surface area (Å²) in [6.45, 7) is 4.26. The van der Waals surface area contributed by atoms with Crippen molar-refractivity contribution in [3.8, 4) is 12.1 Å². The van der Waals surface area contributed by atoms with Crippen molar-refractivity contribution in [1.82, 2.24) is 4.90 Å². The smallest absolute Gasteiger partial charge is 0.138 e. The van der Waals surface area contributed by atoms with Gasteiger partial charge in [0.15, 0.2) is 0 Å². The van der Waals surface area contributed by atoms with E-state index in [-0.39, 0.29) is 18.2 Å². The lowest BCUT2D eigenvalue weighted by atomic mass is 9.77. The fourth-order valence-electron chi connectivity index (χ4n) is 2.93. The van der Waals surface area contributed by atoms with Crippen LogP contribution in [0.1, 0.15) is 18.9 Å². The topological polar surface area (TPSA) is 60.0 Å². The van der Waals surface area contributed by atoms with E-state index in [1.165, 1.54) is 12.1 Å². The molecular weight excluding hydrogens is 269 g/mol. The Balaban J connectivity index is 2.48. The first-order chi connectivity index (χ1) is 10.1. The number of ether oxygens (including phenoxy) is 1. The molecule has 0 spiro atoms. The van der Waals surface area contributed by atoms with E-state index in [0.29, 0.717) is 26.3 Å². The minimum atomic E-state index is -0.923. The van der Waals surface area contributed by atoms with E-state index in [1.54, 1.807) is 12.1 Å². The Morgan fingerprint density at radius 3 is 2.43 bits per heavy atom. The zero-order chi connectivity index (χ0) is 15.3. The SMILES string of the molecule is CC(CC#N)C(C#N)(c1ccc(F)cc1)N1CCOCC1. The van der Waals surface area contributed by atoms with Crippen LogP contribution >= 0.6 is 0 Å². The summed E-state index contributed by atoms with van der Waals surface area (Å²) in [5.74, 6) is -0.517. The van der Waals surface area contributed by atoms with Crippen molar-refractivity contribution in [3.05, 3.63) is 35.6 Å². The van der Waals surface area contributed by atoms with E-state index in [2.05, 4.69) is 12.1 Å². The Morgan fingerprint density at radius 1 is 1.29 bits per heavy atom. The molecule has 1 heterocycles. The van der Waals surface area contributed by atoms with Gasteiger partial charge in [-0.15, -0.1) is 0 Å². The molecule has 1 saturated heterocycles. The Morgan fingerprint density at radius 2 is 1.90 bits per heavy atom. The van der Waals surface area contributed by atoms with Crippen LogP contribution in [0.25, 0.3) is 0 Å². The normalized spacial score (nSPS) is 20.0. The summed E-state index contributed by atoms with van der Waals surface area (Å²) in [6, 6.07) is 10.6. The number of morpholine rings is 1. The number of nitriles is 2. The molecule has 1 aliphatic rings. The first kappa shape index (κ1) is 15.4. The van der Waals surface area contributed by atoms with E-state index >= 15 is 0 Å². The van der Waals surface area contributed by atoms with Gasteiger partial charge in [-0.2, -0.15) is 10.5 Å². The van der Waals surface area contributed by atoms with Gasteiger partial charge >= 0.3 is 0 Å². The molecule has 0 bridgehead atoms. The second kappa shape index (κ2) is 6.67. The molecule has 110 valence electrons. The van der Waals surface area contributed by atoms with Gasteiger partial charge in [-0.05, 0) is 17.7 Å². The zero-order valence-electron chi connectivity index (χ0n) is 12.1. The third-order valence-electron chi connectivity index (χ3n) is 4.08. The number of hydrogen-bond acceptors (Lipinski definition) is 4. The van der Waals surface area contributed by atoms with Crippen molar-refractivity contribution in [2.45, 2.75) is 18.9 Å². The third-order valence-corrected chi connectivity index (χ3v) is 4.08. The minimum absolute atomic E-state index is 0.184. The van der Waals surface area contributed by atoms with Gasteiger partial charge in [0.1, 0.15) is 11.4 Å². The monoisotopic (exact) mass is 287 g/mol. The zero-order valence-corrected chi connectivity index (χ0v) is 12.1. The van der Waals surface area contributed by atoms with Crippen LogP contribution in [0, 0.1) is 34.4 Å². The molecule has 2 unspecified atom stereocenters. The number of benzene rings is 1. The Hall–Kier alpha value is -1.95. The van der Waals surface area contributed by atoms with Crippen molar-refractivity contribution >= 4 is 0 Å². The molecule has 0 aliphatic carbocycles. The lowest BCUT2D eigenvalue weighted by molar-refractivity contribution is -0.0225. The average Bonchev–Trinajstić information content (AvgIpc) is 2.52. The van der Waals surface area contributed by atoms with Crippen LogP contribution in [-0.4, -0.2) is 31.2 Å². The van der Waals surface area contributed by atoms with Crippen molar-refractivity contribution in [1.29, 1.82) is 10.5 Å². The van der Waals surface area contributed by atoms with E-state index < -0.39 is 5.54 Å². The van der Waals surface area contributed by atoms with E-state index in [1.807, 2.05) is 11.8 Å². The fraction of sp³-hybridized carbons (Fsp3) is 0.500. The molecule has 0 saturated carbocycles. The van der Waals surface area contributed by atoms with Gasteiger partial charge in [-0.3, -0.25) is 4.90 Å². The largest absolute Gasteiger partial charge is 0.379 e. The first-order valence-corrected chi connectivity index (χ1v) is 7.02. The fourth-order valence-corrected chi connectivity index (χ4v) is 2.93. The maximum atomic E-state index is 13.2. The predicted molar refractivity (Wildman–Crippen MR) is 75.5 cm³/mol. The molecule has 4 nitrogen and oxygen atoms in total. The first-order valence-electron chi connectivity index (χ1n) is 7.02. The molecule has 0 N–H and O–H groups in total. The maximum Gasteiger partial charge on any atom is 0.138 e. The van der Waals surface area contributed by atoms with E-state index in [9.17, 15) is 9.65 Å². The number of hydrogen-bond donors (Lipinski definition) is 0. The summed E-state index contributed by atoms with van der Waals surface area (Å²) < 4.78 is 18.6. The third kappa shape index (κ3) is 2.90. The molecular formula is C16H18FN3O. The van der Waals surface area contributed by atoms with Crippen LogP contribution in [0.4, 0.5) is 4.39 Å². The highest BCUT2D eigenvalue weighted by Crippen LogP contribution is 2.38. The van der Waals surface area contributed by atoms with E-state index in [0.717, 1.165) is 5.56 Å². The molecule has 1 aliphatic heterocycles. The standard InChI is InChI=1S/C16H18FN3O/c1-13(6-7-18)16(12-19,20-8-10-21-11-9-20)14-2-4-15(17)5-3-14/h2-5,13H,6,8-11H2,1H3. The van der Waals surface area contributed by atoms with Gasteiger partial charge in [-0.1, -0.05) is 19.1 Å². The van der Waals surface area contributed by atoms with Crippen LogP contribution in [0.2, 0.25) is 0 Å². The highest BCUT2D eigenvalue weighted by atomic mass is 19.1. The maximum absolute atomic E-state index is 13.2. The summed E-state index contributed by atoms with van der Waals surface area (Å²) in [4.78, 5) is 2.05. The minimum Gasteiger partial charge on any atom is -0.379 e. The Labute approximate surface area is 124 Å². The summed E-state index contributed by atoms with van der Waals surface area (Å²) in [6.07, 6.45) is 0.266. The summed E-state index contributed by atoms with van der Waals surface area (Å²) >= 11 is 0. The summed E-state index contributed by atoms with van der Waals surface area (Å²) in [5, 5.41) is 18.9. The number of nitrogens with zero attached hydrogens (tertiary/aromatic N) is 3. The van der Waals surface area contributed by atoms with Crippen LogP contribution in [-0.2, 0) is 10.3 Å². The van der Waals surface area contributed by atoms with Crippen molar-refractivity contribution < 1.29 is 9.13 Å².